The Kier molecular flexibility index (Phi) is 17.2. The van der Waals surface area contributed by atoms with Crippen molar-refractivity contribution in [3.05, 3.63) is 41.5 Å². The fourth-order valence-electron chi connectivity index (χ4n) is 3.82. The molecular formula is C30H44N4O9S. The van der Waals surface area contributed by atoms with E-state index < -0.39 is 60.3 Å². The molecular weight excluding hydrogens is 592 g/mol. The van der Waals surface area contributed by atoms with Gasteiger partial charge >= 0.3 is 18.0 Å². The number of rotatable bonds is 19. The summed E-state index contributed by atoms with van der Waals surface area (Å²) in [6, 6.07) is 3.79. The van der Waals surface area contributed by atoms with Gasteiger partial charge in [-0.1, -0.05) is 52.0 Å². The van der Waals surface area contributed by atoms with Gasteiger partial charge in [0, 0.05) is 24.8 Å². The van der Waals surface area contributed by atoms with E-state index >= 15 is 0 Å². The molecule has 0 spiro atoms. The largest absolute Gasteiger partial charge is 0.481 e. The Labute approximate surface area is 263 Å². The van der Waals surface area contributed by atoms with Crippen LogP contribution < -0.4 is 21.3 Å². The quantitative estimate of drug-likeness (QED) is 0.0876. The molecule has 0 fully saturated rings. The lowest BCUT2D eigenvalue weighted by Crippen LogP contribution is -2.57. The maximum atomic E-state index is 13.2. The van der Waals surface area contributed by atoms with E-state index in [0.717, 1.165) is 17.2 Å². The standard InChI is InChI=1S/C30H44N4O9S/c1-18(2)15-23(32-28(40)22(10-12-26(37)38)34-30(42)43-16-19(3)4)29(41)33-24(17-44)27(39)31-14-13-21-7-5-20(6-8-21)9-11-25(35)36/h5-9,11,18-19,22-24,44H,10,12-17H2,1-4H3,(H,31,39)(H,32,40)(H,33,41)(H,34,42)(H,35,36)(H,37,38)/b11-9+/t22-,23-,24-/m0/s1. The third-order valence-corrected chi connectivity index (χ3v) is 6.43. The molecule has 244 valence electrons. The Morgan fingerprint density at radius 2 is 1.45 bits per heavy atom. The summed E-state index contributed by atoms with van der Waals surface area (Å²) < 4.78 is 5.05. The van der Waals surface area contributed by atoms with Gasteiger partial charge in [0.2, 0.25) is 17.7 Å². The molecule has 3 atom stereocenters. The molecule has 0 bridgehead atoms. The Balaban J connectivity index is 2.83. The number of aliphatic carboxylic acids is 2. The number of nitrogens with one attached hydrogen (secondary N) is 4. The second kappa shape index (κ2) is 20.0. The summed E-state index contributed by atoms with van der Waals surface area (Å²) in [6.45, 7) is 7.71. The van der Waals surface area contributed by atoms with Gasteiger partial charge in [-0.2, -0.15) is 12.6 Å². The van der Waals surface area contributed by atoms with Crippen LogP contribution in [0.25, 0.3) is 6.08 Å². The fourth-order valence-corrected chi connectivity index (χ4v) is 4.08. The molecule has 0 saturated heterocycles. The average Bonchev–Trinajstić information content (AvgIpc) is 2.95. The first-order chi connectivity index (χ1) is 20.7. The van der Waals surface area contributed by atoms with Crippen LogP contribution in [0.5, 0.6) is 0 Å². The summed E-state index contributed by atoms with van der Waals surface area (Å²) in [5.74, 6) is -4.09. The summed E-state index contributed by atoms with van der Waals surface area (Å²) in [6.07, 6.45) is 1.69. The molecule has 0 unspecified atom stereocenters. The molecule has 13 nitrogen and oxygen atoms in total. The van der Waals surface area contributed by atoms with Crippen molar-refractivity contribution in [2.45, 2.75) is 71.5 Å². The van der Waals surface area contributed by atoms with Gasteiger partial charge in [-0.15, -0.1) is 0 Å². The molecule has 0 aliphatic carbocycles. The lowest BCUT2D eigenvalue weighted by atomic mass is 10.0. The van der Waals surface area contributed by atoms with Gasteiger partial charge in [0.1, 0.15) is 18.1 Å². The molecule has 0 heterocycles. The van der Waals surface area contributed by atoms with Crippen molar-refractivity contribution in [2.75, 3.05) is 18.9 Å². The van der Waals surface area contributed by atoms with Gasteiger partial charge in [-0.05, 0) is 48.3 Å². The second-order valence-electron chi connectivity index (χ2n) is 11.0. The van der Waals surface area contributed by atoms with Crippen molar-refractivity contribution >= 4 is 54.5 Å². The minimum absolute atomic E-state index is 0.0188. The van der Waals surface area contributed by atoms with Crippen LogP contribution in [0, 0.1) is 11.8 Å². The van der Waals surface area contributed by atoms with E-state index in [1.807, 2.05) is 39.8 Å². The lowest BCUT2D eigenvalue weighted by molar-refractivity contribution is -0.137. The highest BCUT2D eigenvalue weighted by atomic mass is 32.1. The van der Waals surface area contributed by atoms with E-state index in [0.29, 0.717) is 6.42 Å². The van der Waals surface area contributed by atoms with Crippen LogP contribution in [0.1, 0.15) is 58.1 Å². The third-order valence-electron chi connectivity index (χ3n) is 6.07. The summed E-state index contributed by atoms with van der Waals surface area (Å²) in [4.78, 5) is 73.1. The van der Waals surface area contributed by atoms with Crippen LogP contribution >= 0.6 is 12.6 Å². The number of thiol groups is 1. The number of carboxylic acid groups (broad SMARTS) is 2. The van der Waals surface area contributed by atoms with Crippen molar-refractivity contribution in [2.24, 2.45) is 11.8 Å². The van der Waals surface area contributed by atoms with E-state index in [4.69, 9.17) is 14.9 Å². The molecule has 0 radical (unpaired) electrons. The fraction of sp³-hybridized carbons (Fsp3) is 0.533. The molecule has 6 N–H and O–H groups in total. The number of hydrogen-bond acceptors (Lipinski definition) is 8. The predicted octanol–water partition coefficient (Wildman–Crippen LogP) is 2.00. The topological polar surface area (TPSA) is 200 Å². The molecule has 14 heteroatoms. The molecule has 0 aliphatic rings. The van der Waals surface area contributed by atoms with Gasteiger partial charge in [-0.3, -0.25) is 19.2 Å². The first-order valence-electron chi connectivity index (χ1n) is 14.4. The van der Waals surface area contributed by atoms with Crippen molar-refractivity contribution in [3.63, 3.8) is 0 Å². The maximum absolute atomic E-state index is 13.2. The zero-order valence-electron chi connectivity index (χ0n) is 25.5. The van der Waals surface area contributed by atoms with Crippen LogP contribution in [-0.4, -0.2) is 83.0 Å². The number of hydrogen-bond donors (Lipinski definition) is 7. The Morgan fingerprint density at radius 1 is 0.841 bits per heavy atom. The van der Waals surface area contributed by atoms with Gasteiger partial charge in [-0.25, -0.2) is 9.59 Å². The Bertz CT molecular complexity index is 1160. The van der Waals surface area contributed by atoms with E-state index in [-0.39, 0.29) is 43.6 Å². The minimum atomic E-state index is -1.26. The molecule has 4 amide bonds. The zero-order chi connectivity index (χ0) is 33.2. The van der Waals surface area contributed by atoms with Gasteiger partial charge in [0.05, 0.1) is 6.61 Å². The van der Waals surface area contributed by atoms with E-state index in [2.05, 4.69) is 33.9 Å². The molecule has 0 aliphatic heterocycles. The van der Waals surface area contributed by atoms with Gasteiger partial charge < -0.3 is 36.2 Å². The highest BCUT2D eigenvalue weighted by Gasteiger charge is 2.30. The average molecular weight is 637 g/mol. The maximum Gasteiger partial charge on any atom is 0.407 e. The van der Waals surface area contributed by atoms with E-state index in [1.165, 1.54) is 6.08 Å². The van der Waals surface area contributed by atoms with Crippen LogP contribution in [0.4, 0.5) is 4.79 Å². The third kappa shape index (κ3) is 16.0. The molecule has 1 aromatic rings. The number of amides is 4. The zero-order valence-corrected chi connectivity index (χ0v) is 26.4. The first-order valence-corrected chi connectivity index (χ1v) is 15.0. The number of carboxylic acids is 2. The van der Waals surface area contributed by atoms with Crippen LogP contribution in [0.3, 0.4) is 0 Å². The molecule has 0 aromatic heterocycles. The Hall–Kier alpha value is -4.07. The van der Waals surface area contributed by atoms with Gasteiger partial charge in [0.15, 0.2) is 0 Å². The van der Waals surface area contributed by atoms with Crippen LogP contribution in [0.2, 0.25) is 0 Å². The van der Waals surface area contributed by atoms with Crippen LogP contribution in [-0.2, 0) is 35.1 Å². The molecule has 44 heavy (non-hydrogen) atoms. The molecule has 0 saturated carbocycles. The predicted molar refractivity (Wildman–Crippen MR) is 167 cm³/mol. The summed E-state index contributed by atoms with van der Waals surface area (Å²) in [7, 11) is 0. The minimum Gasteiger partial charge on any atom is -0.481 e. The summed E-state index contributed by atoms with van der Waals surface area (Å²) in [5, 5.41) is 28.1. The number of benzene rings is 1. The van der Waals surface area contributed by atoms with Crippen molar-refractivity contribution in [3.8, 4) is 0 Å². The van der Waals surface area contributed by atoms with E-state index in [1.54, 1.807) is 12.1 Å². The number of ether oxygens (including phenoxy) is 1. The SMILES string of the molecule is CC(C)COC(=O)N[C@@H](CCC(=O)O)C(=O)N[C@@H](CC(C)C)C(=O)N[C@@H](CS)C(=O)NCCc1ccc(/C=C/C(=O)O)cc1. The number of alkyl carbamates (subject to hydrolysis) is 1. The summed E-state index contributed by atoms with van der Waals surface area (Å²) in [5.41, 5.74) is 1.62. The highest BCUT2D eigenvalue weighted by Crippen LogP contribution is 2.09. The summed E-state index contributed by atoms with van der Waals surface area (Å²) >= 11 is 4.20. The normalized spacial score (nSPS) is 13.2. The van der Waals surface area contributed by atoms with Crippen molar-refractivity contribution in [1.29, 1.82) is 0 Å². The van der Waals surface area contributed by atoms with Gasteiger partial charge in [0.25, 0.3) is 0 Å². The monoisotopic (exact) mass is 636 g/mol. The van der Waals surface area contributed by atoms with E-state index in [9.17, 15) is 28.8 Å². The second-order valence-corrected chi connectivity index (χ2v) is 11.4. The number of carbonyl (C=O) groups is 6. The van der Waals surface area contributed by atoms with Crippen molar-refractivity contribution < 1.29 is 43.7 Å². The number of carbonyl (C=O) groups excluding carboxylic acids is 4. The first kappa shape index (κ1) is 38.0. The Morgan fingerprint density at radius 3 is 2.00 bits per heavy atom. The molecule has 1 aromatic carbocycles. The highest BCUT2D eigenvalue weighted by molar-refractivity contribution is 7.80. The van der Waals surface area contributed by atoms with Crippen molar-refractivity contribution in [1.82, 2.24) is 21.3 Å². The molecule has 1 rings (SSSR count). The smallest absolute Gasteiger partial charge is 0.407 e. The van der Waals surface area contributed by atoms with Crippen LogP contribution in [0.15, 0.2) is 30.3 Å². The lowest BCUT2D eigenvalue weighted by Gasteiger charge is -2.25.